The van der Waals surface area contributed by atoms with Crippen LogP contribution in [0.5, 0.6) is 0 Å². The van der Waals surface area contributed by atoms with E-state index in [9.17, 15) is 24.0 Å². The summed E-state index contributed by atoms with van der Waals surface area (Å²) in [5.41, 5.74) is 0.885. The van der Waals surface area contributed by atoms with Gasteiger partial charge in [0.25, 0.3) is 11.8 Å². The molecule has 1 saturated carbocycles. The molecule has 1 aliphatic carbocycles. The topological polar surface area (TPSA) is 145 Å². The second kappa shape index (κ2) is 6.63. The first-order valence-corrected chi connectivity index (χ1v) is 8.95. The predicted octanol–water partition coefficient (Wildman–Crippen LogP) is 0.298. The van der Waals surface area contributed by atoms with E-state index in [1.807, 2.05) is 0 Å². The molecule has 1 unspecified atom stereocenters. The van der Waals surface area contributed by atoms with Crippen LogP contribution in [0.3, 0.4) is 0 Å². The highest BCUT2D eigenvalue weighted by Crippen LogP contribution is 2.34. The molecule has 0 radical (unpaired) electrons. The molecular weight excluding hydrogens is 368 g/mol. The zero-order valence-corrected chi connectivity index (χ0v) is 14.7. The fourth-order valence-corrected chi connectivity index (χ4v) is 3.88. The van der Waals surface area contributed by atoms with Gasteiger partial charge in [-0.2, -0.15) is 0 Å². The Bertz CT molecular complexity index is 907. The molecular formula is C18H18N4O6. The molecule has 146 valence electrons. The SMILES string of the molecule is O=C1CCC(N2C(=O)c3cccc(N[C@H]4C[C@H](NC(=O)O)C4)c3C2=O)C(=O)N1. The lowest BCUT2D eigenvalue weighted by atomic mass is 9.86. The Labute approximate surface area is 159 Å². The van der Waals surface area contributed by atoms with E-state index in [1.165, 1.54) is 6.07 Å². The van der Waals surface area contributed by atoms with Crippen molar-refractivity contribution in [2.75, 3.05) is 5.32 Å². The number of nitrogens with zero attached hydrogens (tertiary/aromatic N) is 1. The summed E-state index contributed by atoms with van der Waals surface area (Å²) in [6.45, 7) is 0. The van der Waals surface area contributed by atoms with Crippen molar-refractivity contribution in [1.82, 2.24) is 15.5 Å². The molecule has 2 aliphatic heterocycles. The Hall–Kier alpha value is -3.43. The van der Waals surface area contributed by atoms with Crippen LogP contribution >= 0.6 is 0 Å². The van der Waals surface area contributed by atoms with Crippen molar-refractivity contribution in [3.05, 3.63) is 29.3 Å². The number of benzene rings is 1. The first-order valence-electron chi connectivity index (χ1n) is 8.95. The molecule has 10 heteroatoms. The van der Waals surface area contributed by atoms with Gasteiger partial charge in [-0.25, -0.2) is 4.79 Å². The van der Waals surface area contributed by atoms with E-state index >= 15 is 0 Å². The summed E-state index contributed by atoms with van der Waals surface area (Å²) in [6.07, 6.45) is 0.216. The number of rotatable bonds is 4. The highest BCUT2D eigenvalue weighted by Gasteiger charge is 2.46. The smallest absolute Gasteiger partial charge is 0.404 e. The molecule has 1 aromatic carbocycles. The third kappa shape index (κ3) is 2.96. The average molecular weight is 386 g/mol. The zero-order valence-electron chi connectivity index (χ0n) is 14.7. The average Bonchev–Trinajstić information content (AvgIpc) is 2.85. The number of carbonyl (C=O) groups excluding carboxylic acids is 4. The number of carbonyl (C=O) groups is 5. The van der Waals surface area contributed by atoms with Crippen molar-refractivity contribution in [2.45, 2.75) is 43.8 Å². The van der Waals surface area contributed by atoms with Gasteiger partial charge in [0.2, 0.25) is 11.8 Å². The lowest BCUT2D eigenvalue weighted by molar-refractivity contribution is -0.136. The second-order valence-corrected chi connectivity index (χ2v) is 7.13. The van der Waals surface area contributed by atoms with Gasteiger partial charge in [0, 0.05) is 24.2 Å². The predicted molar refractivity (Wildman–Crippen MR) is 94.7 cm³/mol. The van der Waals surface area contributed by atoms with Crippen LogP contribution < -0.4 is 16.0 Å². The van der Waals surface area contributed by atoms with E-state index in [1.54, 1.807) is 12.1 Å². The molecule has 3 aliphatic rings. The number of hydrogen-bond donors (Lipinski definition) is 4. The number of hydrogen-bond acceptors (Lipinski definition) is 6. The van der Waals surface area contributed by atoms with Crippen LogP contribution in [-0.4, -0.2) is 57.9 Å². The summed E-state index contributed by atoms with van der Waals surface area (Å²) in [7, 11) is 0. The number of imide groups is 2. The van der Waals surface area contributed by atoms with Gasteiger partial charge in [-0.1, -0.05) is 6.07 Å². The molecule has 1 saturated heterocycles. The van der Waals surface area contributed by atoms with Crippen LogP contribution in [0.2, 0.25) is 0 Å². The molecule has 0 bridgehead atoms. The first kappa shape index (κ1) is 18.0. The van der Waals surface area contributed by atoms with Crippen molar-refractivity contribution in [2.24, 2.45) is 0 Å². The Morgan fingerprint density at radius 2 is 1.86 bits per heavy atom. The highest BCUT2D eigenvalue weighted by atomic mass is 16.4. The number of carboxylic acid groups (broad SMARTS) is 1. The maximum absolute atomic E-state index is 13.0. The van der Waals surface area contributed by atoms with E-state index in [0.29, 0.717) is 18.5 Å². The lowest BCUT2D eigenvalue weighted by Gasteiger charge is -2.36. The number of nitrogens with one attached hydrogen (secondary N) is 3. The van der Waals surface area contributed by atoms with E-state index in [4.69, 9.17) is 5.11 Å². The molecule has 1 aromatic rings. The standard InChI is InChI=1S/C18H18N4O6/c23-13-5-4-12(15(24)21-13)22-16(25)10-2-1-3-11(14(10)17(22)26)19-8-6-9(7-8)20-18(27)28/h1-3,8-9,12,19-20H,4-7H2,(H,27,28)(H,21,23,24)/t8-,9-,12?. The summed E-state index contributed by atoms with van der Waals surface area (Å²) in [5, 5.41) is 16.5. The van der Waals surface area contributed by atoms with E-state index in [-0.39, 0.29) is 36.1 Å². The van der Waals surface area contributed by atoms with Gasteiger partial charge in [-0.05, 0) is 31.4 Å². The molecule has 1 atom stereocenters. The Morgan fingerprint density at radius 1 is 1.11 bits per heavy atom. The van der Waals surface area contributed by atoms with Crippen LogP contribution in [0.25, 0.3) is 0 Å². The number of anilines is 1. The van der Waals surface area contributed by atoms with Crippen LogP contribution in [-0.2, 0) is 9.59 Å². The maximum atomic E-state index is 13.0. The van der Waals surface area contributed by atoms with Crippen LogP contribution in [0.15, 0.2) is 18.2 Å². The van der Waals surface area contributed by atoms with Gasteiger partial charge in [-0.3, -0.25) is 29.4 Å². The van der Waals surface area contributed by atoms with Crippen LogP contribution in [0.1, 0.15) is 46.4 Å². The third-order valence-corrected chi connectivity index (χ3v) is 5.29. The molecule has 28 heavy (non-hydrogen) atoms. The molecule has 0 aromatic heterocycles. The van der Waals surface area contributed by atoms with Gasteiger partial charge in [0.05, 0.1) is 11.1 Å². The minimum atomic E-state index is -1.08. The molecule has 0 spiro atoms. The van der Waals surface area contributed by atoms with Crippen LogP contribution in [0.4, 0.5) is 10.5 Å². The third-order valence-electron chi connectivity index (χ3n) is 5.29. The fourth-order valence-electron chi connectivity index (χ4n) is 3.88. The van der Waals surface area contributed by atoms with Crippen molar-refractivity contribution in [3.63, 3.8) is 0 Å². The molecule has 4 N–H and O–H groups in total. The van der Waals surface area contributed by atoms with Gasteiger partial charge < -0.3 is 15.7 Å². The van der Waals surface area contributed by atoms with E-state index in [0.717, 1.165) is 4.90 Å². The largest absolute Gasteiger partial charge is 0.465 e. The Kier molecular flexibility index (Phi) is 4.25. The number of piperidine rings is 1. The van der Waals surface area contributed by atoms with Gasteiger partial charge in [0.1, 0.15) is 6.04 Å². The minimum Gasteiger partial charge on any atom is -0.465 e. The lowest BCUT2D eigenvalue weighted by Crippen LogP contribution is -2.54. The van der Waals surface area contributed by atoms with Gasteiger partial charge >= 0.3 is 6.09 Å². The fraction of sp³-hybridized carbons (Fsp3) is 0.389. The molecule has 2 heterocycles. The Balaban J connectivity index is 1.53. The van der Waals surface area contributed by atoms with Crippen molar-refractivity contribution in [3.8, 4) is 0 Å². The molecule has 10 nitrogen and oxygen atoms in total. The van der Waals surface area contributed by atoms with E-state index in [2.05, 4.69) is 16.0 Å². The first-order chi connectivity index (χ1) is 13.3. The quantitative estimate of drug-likeness (QED) is 0.545. The molecule has 5 amide bonds. The summed E-state index contributed by atoms with van der Waals surface area (Å²) >= 11 is 0. The highest BCUT2D eigenvalue weighted by molar-refractivity contribution is 6.25. The normalized spacial score (nSPS) is 26.4. The summed E-state index contributed by atoms with van der Waals surface area (Å²) in [6, 6.07) is 3.66. The van der Waals surface area contributed by atoms with E-state index < -0.39 is 35.8 Å². The van der Waals surface area contributed by atoms with Gasteiger partial charge in [-0.15, -0.1) is 0 Å². The van der Waals surface area contributed by atoms with Crippen LogP contribution in [0, 0.1) is 0 Å². The zero-order chi connectivity index (χ0) is 20.0. The summed E-state index contributed by atoms with van der Waals surface area (Å²) < 4.78 is 0. The van der Waals surface area contributed by atoms with Crippen molar-refractivity contribution in [1.29, 1.82) is 0 Å². The van der Waals surface area contributed by atoms with Gasteiger partial charge in [0.15, 0.2) is 0 Å². The minimum absolute atomic E-state index is 0.0316. The Morgan fingerprint density at radius 3 is 2.54 bits per heavy atom. The monoisotopic (exact) mass is 386 g/mol. The van der Waals surface area contributed by atoms with Crippen molar-refractivity contribution < 1.29 is 29.1 Å². The summed E-state index contributed by atoms with van der Waals surface area (Å²) in [5.74, 6) is -2.20. The second-order valence-electron chi connectivity index (χ2n) is 7.13. The molecule has 2 fully saturated rings. The maximum Gasteiger partial charge on any atom is 0.404 e. The van der Waals surface area contributed by atoms with Crippen molar-refractivity contribution >= 4 is 35.4 Å². The number of fused-ring (bicyclic) bond motifs is 1. The summed E-state index contributed by atoms with van der Waals surface area (Å²) in [4.78, 5) is 60.8. The number of amides is 5. The molecule has 4 rings (SSSR count).